The lowest BCUT2D eigenvalue weighted by molar-refractivity contribution is -0.0551. The summed E-state index contributed by atoms with van der Waals surface area (Å²) in [7, 11) is 0.716. The van der Waals surface area contributed by atoms with Crippen LogP contribution >= 0.6 is 0 Å². The van der Waals surface area contributed by atoms with Crippen molar-refractivity contribution in [1.29, 1.82) is 0 Å². The average Bonchev–Trinajstić information content (AvgIpc) is 2.76. The molecule has 0 saturated heterocycles. The number of rotatable bonds is 4. The van der Waals surface area contributed by atoms with Gasteiger partial charge in [-0.2, -0.15) is 21.6 Å². The first-order valence-electron chi connectivity index (χ1n) is 8.77. The van der Waals surface area contributed by atoms with Gasteiger partial charge in [0.25, 0.3) is 11.1 Å². The van der Waals surface area contributed by atoms with Crippen molar-refractivity contribution in [3.8, 4) is 0 Å². The van der Waals surface area contributed by atoms with Gasteiger partial charge in [0.2, 0.25) is 0 Å². The van der Waals surface area contributed by atoms with Crippen LogP contribution in [0.25, 0.3) is 21.5 Å². The molecule has 12 heteroatoms. The Kier molecular flexibility index (Phi) is 5.38. The number of alkyl halides is 3. The van der Waals surface area contributed by atoms with Gasteiger partial charge in [-0.1, -0.05) is 4.73 Å². The normalized spacial score (nSPS) is 12.2. The highest BCUT2D eigenvalue weighted by molar-refractivity contribution is 7.87. The van der Waals surface area contributed by atoms with Crippen LogP contribution in [0, 0.1) is 0 Å². The molecule has 2 aromatic carbocycles. The summed E-state index contributed by atoms with van der Waals surface area (Å²) in [4.78, 5) is 29.4. The molecule has 0 N–H and O–H groups in total. The average molecular weight is 457 g/mol. The molecule has 0 amide bonds. The molecule has 0 saturated carbocycles. The molecule has 1 aromatic heterocycles. The van der Waals surface area contributed by atoms with Gasteiger partial charge in [-0.15, -0.1) is 0 Å². The molecule has 3 aromatic rings. The lowest BCUT2D eigenvalue weighted by Gasteiger charge is -2.14. The van der Waals surface area contributed by atoms with Crippen molar-refractivity contribution in [2.75, 3.05) is 38.0 Å². The van der Waals surface area contributed by atoms with Gasteiger partial charge in [0.15, 0.2) is 0 Å². The van der Waals surface area contributed by atoms with Crippen LogP contribution in [-0.4, -0.2) is 46.8 Å². The van der Waals surface area contributed by atoms with E-state index in [-0.39, 0.29) is 26.3 Å². The summed E-state index contributed by atoms with van der Waals surface area (Å²) in [5, 5.41) is 0.120. The second-order valence-electron chi connectivity index (χ2n) is 7.13. The Balaban J connectivity index is 2.56. The van der Waals surface area contributed by atoms with E-state index in [4.69, 9.17) is 0 Å². The van der Waals surface area contributed by atoms with Gasteiger partial charge in [-0.05, 0) is 47.2 Å². The monoisotopic (exact) mass is 457 g/mol. The summed E-state index contributed by atoms with van der Waals surface area (Å²) < 4.78 is 65.2. The number of anilines is 2. The topological polar surface area (TPSA) is 88.9 Å². The molecular weight excluding hydrogens is 439 g/mol. The fourth-order valence-corrected chi connectivity index (χ4v) is 3.37. The van der Waals surface area contributed by atoms with Crippen molar-refractivity contribution < 1.29 is 25.9 Å². The fraction of sp³-hybridized carbons (Fsp3) is 0.263. The van der Waals surface area contributed by atoms with Gasteiger partial charge >= 0.3 is 15.6 Å². The van der Waals surface area contributed by atoms with E-state index in [0.717, 1.165) is 0 Å². The Bertz CT molecular complexity index is 1330. The first-order chi connectivity index (χ1) is 14.2. The van der Waals surface area contributed by atoms with Crippen LogP contribution in [0.1, 0.15) is 0 Å². The fourth-order valence-electron chi connectivity index (χ4n) is 2.96. The third-order valence-electron chi connectivity index (χ3n) is 4.62. The minimum Gasteiger partial charge on any atom is -0.378 e. The third-order valence-corrected chi connectivity index (χ3v) is 5.53. The van der Waals surface area contributed by atoms with Crippen LogP contribution in [0.3, 0.4) is 0 Å². The first kappa shape index (κ1) is 22.4. The van der Waals surface area contributed by atoms with Gasteiger partial charge < -0.3 is 9.80 Å². The van der Waals surface area contributed by atoms with Crippen LogP contribution in [0.15, 0.2) is 46.0 Å². The lowest BCUT2D eigenvalue weighted by atomic mass is 10.1. The number of hydrogen-bond donors (Lipinski definition) is 0. The van der Waals surface area contributed by atoms with Crippen molar-refractivity contribution in [3.05, 3.63) is 57.1 Å². The zero-order valence-corrected chi connectivity index (χ0v) is 17.7. The summed E-state index contributed by atoms with van der Waals surface area (Å²) in [6.45, 7) is 0. The maximum atomic E-state index is 12.9. The summed E-state index contributed by atoms with van der Waals surface area (Å²) in [5.41, 5.74) is -7.19. The number of halogens is 3. The number of nitrogens with zero attached hydrogens (tertiary/aromatic N) is 3. The highest BCUT2D eigenvalue weighted by Crippen LogP contribution is 2.28. The SMILES string of the molecule is CN(C)c1ccc2c(=O)n(OS(=O)(=O)C(F)(F)F)c(=O)c3ccc(N(C)C)cc3c2c1. The molecule has 0 spiro atoms. The highest BCUT2D eigenvalue weighted by Gasteiger charge is 2.49. The number of aromatic nitrogens is 1. The van der Waals surface area contributed by atoms with Crippen molar-refractivity contribution in [1.82, 2.24) is 4.73 Å². The molecule has 0 bridgehead atoms. The molecule has 31 heavy (non-hydrogen) atoms. The lowest BCUT2D eigenvalue weighted by Crippen LogP contribution is -2.43. The van der Waals surface area contributed by atoms with Gasteiger partial charge in [0.05, 0.1) is 10.8 Å². The number of hydrogen-bond acceptors (Lipinski definition) is 7. The Labute approximate surface area is 174 Å². The molecule has 3 rings (SSSR count). The molecule has 0 radical (unpaired) electrons. The summed E-state index contributed by atoms with van der Waals surface area (Å²) in [6.07, 6.45) is 0. The van der Waals surface area contributed by atoms with Crippen molar-refractivity contribution >= 4 is 43.0 Å². The van der Waals surface area contributed by atoms with Crippen molar-refractivity contribution in [2.24, 2.45) is 0 Å². The maximum Gasteiger partial charge on any atom is 0.536 e. The number of benzene rings is 2. The Morgan fingerprint density at radius 3 is 1.48 bits per heavy atom. The van der Waals surface area contributed by atoms with Gasteiger partial charge in [-0.25, -0.2) is 0 Å². The minimum atomic E-state index is -6.26. The Morgan fingerprint density at radius 2 is 1.16 bits per heavy atom. The molecule has 1 heterocycles. The molecule has 0 aliphatic carbocycles. The van der Waals surface area contributed by atoms with Crippen molar-refractivity contribution in [3.63, 3.8) is 0 Å². The van der Waals surface area contributed by atoms with Gasteiger partial charge in [-0.3, -0.25) is 13.9 Å². The van der Waals surface area contributed by atoms with Crippen LogP contribution < -0.4 is 25.2 Å². The quantitative estimate of drug-likeness (QED) is 0.553. The minimum absolute atomic E-state index is 0.189. The zero-order chi connectivity index (χ0) is 23.3. The Morgan fingerprint density at radius 1 is 0.774 bits per heavy atom. The molecule has 0 fully saturated rings. The third kappa shape index (κ3) is 3.90. The van der Waals surface area contributed by atoms with Gasteiger partial charge in [0, 0.05) is 39.6 Å². The Hall–Kier alpha value is -3.28. The van der Waals surface area contributed by atoms with E-state index in [1.807, 2.05) is 0 Å². The van der Waals surface area contributed by atoms with Crippen LogP contribution in [0.4, 0.5) is 24.5 Å². The predicted molar refractivity (Wildman–Crippen MR) is 112 cm³/mol. The molecular formula is C19H18F3N3O5S. The molecule has 0 aliphatic rings. The van der Waals surface area contributed by atoms with Crippen LogP contribution in [-0.2, 0) is 10.1 Å². The predicted octanol–water partition coefficient (Wildman–Crippen LogP) is 1.93. The summed E-state index contributed by atoms with van der Waals surface area (Å²) in [5.74, 6) is 0. The maximum absolute atomic E-state index is 12.9. The smallest absolute Gasteiger partial charge is 0.378 e. The van der Waals surface area contributed by atoms with E-state index in [9.17, 15) is 31.2 Å². The van der Waals surface area contributed by atoms with Crippen LogP contribution in [0.2, 0.25) is 0 Å². The first-order valence-corrected chi connectivity index (χ1v) is 10.2. The molecule has 0 aliphatic heterocycles. The van der Waals surface area contributed by atoms with Gasteiger partial charge in [0.1, 0.15) is 0 Å². The zero-order valence-electron chi connectivity index (χ0n) is 16.9. The van der Waals surface area contributed by atoms with E-state index in [1.54, 1.807) is 50.1 Å². The standard InChI is InChI=1S/C19H18F3N3O5S/c1-23(2)11-5-7-13-15(9-11)16-10-12(24(3)4)6-8-14(16)18(27)25(17(13)26)30-31(28,29)19(20,21)22/h5-10H,1-4H3. The van der Waals surface area contributed by atoms with E-state index < -0.39 is 26.7 Å². The largest absolute Gasteiger partial charge is 0.536 e. The van der Waals surface area contributed by atoms with E-state index in [1.165, 1.54) is 24.3 Å². The second kappa shape index (κ2) is 7.45. The summed E-state index contributed by atoms with van der Waals surface area (Å²) in [6, 6.07) is 8.79. The second-order valence-corrected chi connectivity index (χ2v) is 8.65. The number of fused-ring (bicyclic) bond motifs is 3. The molecule has 0 atom stereocenters. The van der Waals surface area contributed by atoms with E-state index >= 15 is 0 Å². The molecule has 0 unspecified atom stereocenters. The highest BCUT2D eigenvalue weighted by atomic mass is 32.2. The molecule has 8 nitrogen and oxygen atoms in total. The van der Waals surface area contributed by atoms with Crippen LogP contribution in [0.5, 0.6) is 0 Å². The molecule has 166 valence electrons. The van der Waals surface area contributed by atoms with E-state index in [2.05, 4.69) is 4.28 Å². The van der Waals surface area contributed by atoms with Crippen molar-refractivity contribution in [2.45, 2.75) is 5.51 Å². The summed E-state index contributed by atoms with van der Waals surface area (Å²) >= 11 is 0. The van der Waals surface area contributed by atoms with E-state index in [0.29, 0.717) is 11.4 Å².